The number of aromatic nitrogens is 4. The standard InChI is InChI=1S/C16H23N5O4/c1-4-6-8-19-13(12-10-17-18(3)11-12)14(21(24)25)15(22)20(16(19)23)9-7-5-2/h10-11H,4-9H2,1-3H3. The van der Waals surface area contributed by atoms with Crippen LogP contribution in [0.3, 0.4) is 0 Å². The maximum absolute atomic E-state index is 12.9. The van der Waals surface area contributed by atoms with Crippen molar-refractivity contribution < 1.29 is 4.92 Å². The summed E-state index contributed by atoms with van der Waals surface area (Å²) in [6.07, 6.45) is 5.88. The van der Waals surface area contributed by atoms with Gasteiger partial charge in [-0.15, -0.1) is 0 Å². The highest BCUT2D eigenvalue weighted by atomic mass is 16.6. The zero-order valence-electron chi connectivity index (χ0n) is 14.8. The van der Waals surface area contributed by atoms with Gasteiger partial charge >= 0.3 is 16.9 Å². The van der Waals surface area contributed by atoms with E-state index in [4.69, 9.17) is 0 Å². The molecule has 0 saturated heterocycles. The van der Waals surface area contributed by atoms with Gasteiger partial charge < -0.3 is 0 Å². The Morgan fingerprint density at radius 2 is 1.72 bits per heavy atom. The van der Waals surface area contributed by atoms with Crippen molar-refractivity contribution in [3.05, 3.63) is 43.3 Å². The van der Waals surface area contributed by atoms with Crippen LogP contribution in [-0.2, 0) is 20.1 Å². The maximum Gasteiger partial charge on any atom is 0.358 e. The number of unbranched alkanes of at least 4 members (excludes halogenated alkanes) is 2. The monoisotopic (exact) mass is 349 g/mol. The van der Waals surface area contributed by atoms with Crippen LogP contribution >= 0.6 is 0 Å². The van der Waals surface area contributed by atoms with Gasteiger partial charge in [0.05, 0.1) is 11.1 Å². The third-order valence-corrected chi connectivity index (χ3v) is 4.04. The van der Waals surface area contributed by atoms with Crippen LogP contribution < -0.4 is 11.2 Å². The second-order valence-corrected chi connectivity index (χ2v) is 5.96. The number of nitrogens with zero attached hydrogens (tertiary/aromatic N) is 5. The Balaban J connectivity index is 2.84. The van der Waals surface area contributed by atoms with E-state index in [0.29, 0.717) is 24.9 Å². The number of nitro groups is 1. The highest BCUT2D eigenvalue weighted by molar-refractivity contribution is 5.68. The molecule has 0 radical (unpaired) electrons. The summed E-state index contributed by atoms with van der Waals surface area (Å²) in [6, 6.07) is 0. The molecule has 136 valence electrons. The molecular weight excluding hydrogens is 326 g/mol. The van der Waals surface area contributed by atoms with E-state index < -0.39 is 21.9 Å². The van der Waals surface area contributed by atoms with E-state index in [2.05, 4.69) is 5.10 Å². The van der Waals surface area contributed by atoms with Crippen molar-refractivity contribution in [2.24, 2.45) is 7.05 Å². The SMILES string of the molecule is CCCCn1c(-c2cnn(C)c2)c([N+](=O)[O-])c(=O)n(CCCC)c1=O. The van der Waals surface area contributed by atoms with Gasteiger partial charge in [-0.05, 0) is 12.8 Å². The minimum absolute atomic E-state index is 0.0364. The predicted octanol–water partition coefficient (Wildman–Crippen LogP) is 1.92. The Bertz CT molecular complexity index is 878. The van der Waals surface area contributed by atoms with Gasteiger partial charge in [0.2, 0.25) is 0 Å². The van der Waals surface area contributed by atoms with E-state index >= 15 is 0 Å². The van der Waals surface area contributed by atoms with Crippen LogP contribution in [0.15, 0.2) is 22.0 Å². The first kappa shape index (κ1) is 18.6. The van der Waals surface area contributed by atoms with Gasteiger partial charge in [-0.25, -0.2) is 4.79 Å². The lowest BCUT2D eigenvalue weighted by atomic mass is 10.2. The molecule has 2 heterocycles. The first-order chi connectivity index (χ1) is 11.9. The van der Waals surface area contributed by atoms with Crippen LogP contribution in [0.4, 0.5) is 5.69 Å². The van der Waals surface area contributed by atoms with Crippen molar-refractivity contribution >= 4 is 5.69 Å². The molecule has 9 nitrogen and oxygen atoms in total. The topological polar surface area (TPSA) is 105 Å². The van der Waals surface area contributed by atoms with Gasteiger partial charge in [0.25, 0.3) is 0 Å². The Morgan fingerprint density at radius 1 is 1.12 bits per heavy atom. The van der Waals surface area contributed by atoms with Crippen LogP contribution in [0.25, 0.3) is 11.3 Å². The molecule has 0 atom stereocenters. The second kappa shape index (κ2) is 7.91. The van der Waals surface area contributed by atoms with E-state index in [-0.39, 0.29) is 12.2 Å². The summed E-state index contributed by atoms with van der Waals surface area (Å²) in [5.74, 6) is 0. The molecule has 0 bridgehead atoms. The summed E-state index contributed by atoms with van der Waals surface area (Å²) in [6.45, 7) is 4.39. The molecule has 0 amide bonds. The average Bonchev–Trinajstić information content (AvgIpc) is 2.99. The summed E-state index contributed by atoms with van der Waals surface area (Å²) in [5, 5.41) is 15.7. The largest absolute Gasteiger partial charge is 0.358 e. The summed E-state index contributed by atoms with van der Waals surface area (Å²) in [7, 11) is 1.67. The van der Waals surface area contributed by atoms with Crippen LogP contribution in [0, 0.1) is 10.1 Å². The fourth-order valence-electron chi connectivity index (χ4n) is 2.72. The lowest BCUT2D eigenvalue weighted by molar-refractivity contribution is -0.386. The van der Waals surface area contributed by atoms with Crippen LogP contribution in [-0.4, -0.2) is 23.8 Å². The molecular formula is C16H23N5O4. The number of rotatable bonds is 8. The van der Waals surface area contributed by atoms with Crippen molar-refractivity contribution in [1.82, 2.24) is 18.9 Å². The van der Waals surface area contributed by atoms with Gasteiger partial charge in [0.15, 0.2) is 0 Å². The lowest BCUT2D eigenvalue weighted by Gasteiger charge is -2.14. The lowest BCUT2D eigenvalue weighted by Crippen LogP contribution is -2.42. The Labute approximate surface area is 144 Å². The van der Waals surface area contributed by atoms with Crippen LogP contribution in [0.1, 0.15) is 39.5 Å². The van der Waals surface area contributed by atoms with Gasteiger partial charge in [-0.1, -0.05) is 26.7 Å². The first-order valence-corrected chi connectivity index (χ1v) is 8.43. The van der Waals surface area contributed by atoms with Gasteiger partial charge in [-0.2, -0.15) is 5.10 Å². The molecule has 2 aromatic rings. The molecule has 2 aromatic heterocycles. The Hall–Kier alpha value is -2.71. The normalized spacial score (nSPS) is 11.0. The zero-order valence-corrected chi connectivity index (χ0v) is 14.8. The van der Waals surface area contributed by atoms with Crippen LogP contribution in [0.5, 0.6) is 0 Å². The van der Waals surface area contributed by atoms with E-state index in [1.807, 2.05) is 13.8 Å². The van der Waals surface area contributed by atoms with E-state index in [1.165, 1.54) is 15.4 Å². The summed E-state index contributed by atoms with van der Waals surface area (Å²) in [5.41, 5.74) is -1.50. The second-order valence-electron chi connectivity index (χ2n) is 5.96. The summed E-state index contributed by atoms with van der Waals surface area (Å²) < 4.78 is 3.81. The smallest absolute Gasteiger partial charge is 0.287 e. The molecule has 2 rings (SSSR count). The Morgan fingerprint density at radius 3 is 2.20 bits per heavy atom. The highest BCUT2D eigenvalue weighted by Crippen LogP contribution is 2.25. The minimum atomic E-state index is -0.852. The van der Waals surface area contributed by atoms with Crippen LogP contribution in [0.2, 0.25) is 0 Å². The van der Waals surface area contributed by atoms with E-state index in [1.54, 1.807) is 13.2 Å². The molecule has 25 heavy (non-hydrogen) atoms. The van der Waals surface area contributed by atoms with Crippen molar-refractivity contribution in [1.29, 1.82) is 0 Å². The molecule has 0 aliphatic rings. The minimum Gasteiger partial charge on any atom is -0.287 e. The fraction of sp³-hybridized carbons (Fsp3) is 0.562. The fourth-order valence-corrected chi connectivity index (χ4v) is 2.72. The Kier molecular flexibility index (Phi) is 5.89. The highest BCUT2D eigenvalue weighted by Gasteiger charge is 2.29. The predicted molar refractivity (Wildman–Crippen MR) is 93.6 cm³/mol. The molecule has 0 aliphatic heterocycles. The molecule has 0 fully saturated rings. The molecule has 9 heteroatoms. The molecule has 0 aromatic carbocycles. The number of aryl methyl sites for hydroxylation is 1. The van der Waals surface area contributed by atoms with Gasteiger partial charge in [0, 0.05) is 31.9 Å². The van der Waals surface area contributed by atoms with Gasteiger partial charge in [0.1, 0.15) is 5.69 Å². The number of hydrogen-bond donors (Lipinski definition) is 0. The van der Waals surface area contributed by atoms with Crippen molar-refractivity contribution in [2.75, 3.05) is 0 Å². The molecule has 0 aliphatic carbocycles. The summed E-state index contributed by atoms with van der Waals surface area (Å²) >= 11 is 0. The maximum atomic E-state index is 12.9. The quantitative estimate of drug-likeness (QED) is 0.535. The number of hydrogen-bond acceptors (Lipinski definition) is 5. The van der Waals surface area contributed by atoms with E-state index in [9.17, 15) is 19.7 Å². The third kappa shape index (κ3) is 3.70. The van der Waals surface area contributed by atoms with Gasteiger partial charge in [-0.3, -0.25) is 28.7 Å². The van der Waals surface area contributed by atoms with Crippen molar-refractivity contribution in [3.63, 3.8) is 0 Å². The average molecular weight is 349 g/mol. The third-order valence-electron chi connectivity index (χ3n) is 4.04. The van der Waals surface area contributed by atoms with E-state index in [0.717, 1.165) is 17.4 Å². The summed E-state index contributed by atoms with van der Waals surface area (Å²) in [4.78, 5) is 36.4. The van der Waals surface area contributed by atoms with Crippen molar-refractivity contribution in [2.45, 2.75) is 52.6 Å². The molecule has 0 spiro atoms. The molecule has 0 saturated carbocycles. The molecule has 0 N–H and O–H groups in total. The zero-order chi connectivity index (χ0) is 18.6. The molecule has 0 unspecified atom stereocenters. The first-order valence-electron chi connectivity index (χ1n) is 8.43. The van der Waals surface area contributed by atoms with Crippen molar-refractivity contribution in [3.8, 4) is 11.3 Å².